The summed E-state index contributed by atoms with van der Waals surface area (Å²) in [5.41, 5.74) is 0. The van der Waals surface area contributed by atoms with E-state index in [1.165, 1.54) is 0 Å². The highest BCUT2D eigenvalue weighted by atomic mass is 32.2. The number of hydrogen-bond acceptors (Lipinski definition) is 6. The minimum atomic E-state index is -5.57. The Kier molecular flexibility index (Phi) is 6.29. The largest absolute Gasteiger partial charge is 0.465 e. The summed E-state index contributed by atoms with van der Waals surface area (Å²) in [6.07, 6.45) is 5.55. The fourth-order valence-electron chi connectivity index (χ4n) is 4.89. The maximum Gasteiger partial charge on any atom is 0.373 e. The van der Waals surface area contributed by atoms with Crippen molar-refractivity contribution >= 4 is 22.1 Å². The molecule has 0 aromatic heterocycles. The minimum Gasteiger partial charge on any atom is -0.465 e. The third kappa shape index (κ3) is 4.48. The van der Waals surface area contributed by atoms with Crippen LogP contribution in [0.4, 0.5) is 8.78 Å². The average molecular weight is 424 g/mol. The Hall–Kier alpha value is -1.29. The molecule has 3 aliphatic rings. The molecular formula is C18H26F2O7S. The topological polar surface area (TPSA) is 107 Å². The molecule has 3 fully saturated rings. The van der Waals surface area contributed by atoms with Crippen LogP contribution in [0.3, 0.4) is 0 Å². The standard InChI is InChI=1S/C18H26F2O7S/c19-18(20,28(23,24)25)8-9-26-16(21)14-11-6-7-12(10-11)15(14)17(22)27-13-4-2-1-3-5-13/h11-15H,1-10H2,(H,23,24,25). The number of carbonyl (C=O) groups is 2. The highest BCUT2D eigenvalue weighted by Gasteiger charge is 2.55. The number of halogens is 2. The lowest BCUT2D eigenvalue weighted by molar-refractivity contribution is -0.168. The number of esters is 2. The van der Waals surface area contributed by atoms with Crippen LogP contribution in [0.15, 0.2) is 0 Å². The van der Waals surface area contributed by atoms with Gasteiger partial charge in [0.15, 0.2) is 0 Å². The molecule has 7 nitrogen and oxygen atoms in total. The smallest absolute Gasteiger partial charge is 0.373 e. The van der Waals surface area contributed by atoms with Gasteiger partial charge in [0.25, 0.3) is 0 Å². The van der Waals surface area contributed by atoms with Gasteiger partial charge in [-0.3, -0.25) is 14.1 Å². The maximum atomic E-state index is 13.3. The maximum absolute atomic E-state index is 13.3. The fraction of sp³-hybridized carbons (Fsp3) is 0.889. The molecule has 2 bridgehead atoms. The van der Waals surface area contributed by atoms with Crippen LogP contribution in [0.25, 0.3) is 0 Å². The summed E-state index contributed by atoms with van der Waals surface area (Å²) < 4.78 is 66.8. The molecule has 3 saturated carbocycles. The minimum absolute atomic E-state index is 0.0258. The van der Waals surface area contributed by atoms with Gasteiger partial charge in [0, 0.05) is 0 Å². The monoisotopic (exact) mass is 424 g/mol. The molecule has 0 radical (unpaired) electrons. The summed E-state index contributed by atoms with van der Waals surface area (Å²) in [5, 5.41) is -4.39. The van der Waals surface area contributed by atoms with Crippen molar-refractivity contribution in [2.24, 2.45) is 23.7 Å². The number of rotatable bonds is 7. The third-order valence-electron chi connectivity index (χ3n) is 6.31. The van der Waals surface area contributed by atoms with Gasteiger partial charge in [-0.1, -0.05) is 6.42 Å². The summed E-state index contributed by atoms with van der Waals surface area (Å²) in [4.78, 5) is 25.2. The molecule has 160 valence electrons. The van der Waals surface area contributed by atoms with Crippen molar-refractivity contribution in [1.82, 2.24) is 0 Å². The second kappa shape index (κ2) is 8.22. The van der Waals surface area contributed by atoms with Crippen molar-refractivity contribution < 1.29 is 40.8 Å². The molecule has 0 heterocycles. The molecule has 0 saturated heterocycles. The summed E-state index contributed by atoms with van der Waals surface area (Å²) >= 11 is 0. The average Bonchev–Trinajstić information content (AvgIpc) is 3.22. The summed E-state index contributed by atoms with van der Waals surface area (Å²) in [5.74, 6) is -2.58. The van der Waals surface area contributed by atoms with Crippen molar-refractivity contribution in [3.63, 3.8) is 0 Å². The normalized spacial score (nSPS) is 31.0. The van der Waals surface area contributed by atoms with E-state index in [1.807, 2.05) is 0 Å². The van der Waals surface area contributed by atoms with Crippen LogP contribution in [-0.2, 0) is 29.2 Å². The lowest BCUT2D eigenvalue weighted by atomic mass is 9.79. The first-order valence-corrected chi connectivity index (χ1v) is 11.3. The van der Waals surface area contributed by atoms with Crippen LogP contribution in [0.1, 0.15) is 57.8 Å². The molecule has 10 heteroatoms. The van der Waals surface area contributed by atoms with Gasteiger partial charge in [-0.25, -0.2) is 0 Å². The molecule has 4 unspecified atom stereocenters. The molecule has 3 aliphatic carbocycles. The van der Waals surface area contributed by atoms with E-state index in [0.29, 0.717) is 6.42 Å². The lowest BCUT2D eigenvalue weighted by Gasteiger charge is -2.30. The van der Waals surface area contributed by atoms with Crippen molar-refractivity contribution in [2.75, 3.05) is 6.61 Å². The zero-order valence-electron chi connectivity index (χ0n) is 15.5. The molecule has 0 spiro atoms. The van der Waals surface area contributed by atoms with Gasteiger partial charge < -0.3 is 9.47 Å². The highest BCUT2D eigenvalue weighted by molar-refractivity contribution is 7.86. The number of ether oxygens (including phenoxy) is 2. The van der Waals surface area contributed by atoms with Gasteiger partial charge in [-0.15, -0.1) is 0 Å². The van der Waals surface area contributed by atoms with Crippen molar-refractivity contribution in [2.45, 2.75) is 69.1 Å². The molecule has 4 atom stereocenters. The SMILES string of the molecule is O=C(OCCC(F)(F)S(=O)(=O)O)C1C2CCC(C2)C1C(=O)OC1CCCCC1. The van der Waals surface area contributed by atoms with Crippen LogP contribution in [0, 0.1) is 23.7 Å². The van der Waals surface area contributed by atoms with Gasteiger partial charge in [0.1, 0.15) is 6.10 Å². The van der Waals surface area contributed by atoms with Gasteiger partial charge in [0.05, 0.1) is 24.9 Å². The Bertz CT molecular complexity index is 703. The van der Waals surface area contributed by atoms with Crippen LogP contribution in [-0.4, -0.2) is 42.9 Å². The Morgan fingerprint density at radius 1 is 0.964 bits per heavy atom. The van der Waals surface area contributed by atoms with Gasteiger partial charge >= 0.3 is 27.3 Å². The number of hydrogen-bond donors (Lipinski definition) is 1. The summed E-state index contributed by atoms with van der Waals surface area (Å²) in [6.45, 7) is -0.857. The van der Waals surface area contributed by atoms with E-state index in [2.05, 4.69) is 0 Å². The van der Waals surface area contributed by atoms with Crippen LogP contribution in [0.5, 0.6) is 0 Å². The first kappa shape index (κ1) is 21.4. The van der Waals surface area contributed by atoms with Crippen LogP contribution in [0.2, 0.25) is 0 Å². The Morgan fingerprint density at radius 3 is 2.11 bits per heavy atom. The van der Waals surface area contributed by atoms with Gasteiger partial charge in [-0.05, 0) is 56.8 Å². The molecule has 0 aliphatic heterocycles. The fourth-order valence-corrected chi connectivity index (χ4v) is 5.23. The quantitative estimate of drug-likeness (QED) is 0.495. The van der Waals surface area contributed by atoms with Crippen LogP contribution >= 0.6 is 0 Å². The van der Waals surface area contributed by atoms with Crippen LogP contribution < -0.4 is 0 Å². The molecular weight excluding hydrogens is 398 g/mol. The number of fused-ring (bicyclic) bond motifs is 2. The van der Waals surface area contributed by atoms with Gasteiger partial charge in [0.2, 0.25) is 0 Å². The predicted molar refractivity (Wildman–Crippen MR) is 92.8 cm³/mol. The molecule has 1 N–H and O–H groups in total. The Labute approximate surface area is 162 Å². The summed E-state index contributed by atoms with van der Waals surface area (Å²) in [6, 6.07) is 0. The molecule has 0 aromatic rings. The van der Waals surface area contributed by atoms with E-state index in [0.717, 1.165) is 44.9 Å². The van der Waals surface area contributed by atoms with E-state index in [1.54, 1.807) is 0 Å². The lowest BCUT2D eigenvalue weighted by Crippen LogP contribution is -2.39. The second-order valence-corrected chi connectivity index (χ2v) is 9.66. The zero-order chi connectivity index (χ0) is 20.5. The van der Waals surface area contributed by atoms with Crippen molar-refractivity contribution in [1.29, 1.82) is 0 Å². The van der Waals surface area contributed by atoms with Crippen molar-refractivity contribution in [3.05, 3.63) is 0 Å². The van der Waals surface area contributed by atoms with E-state index in [-0.39, 0.29) is 17.9 Å². The van der Waals surface area contributed by atoms with E-state index in [4.69, 9.17) is 14.0 Å². The van der Waals surface area contributed by atoms with E-state index < -0.39 is 52.2 Å². The number of carbonyl (C=O) groups excluding carboxylic acids is 2. The first-order chi connectivity index (χ1) is 13.1. The summed E-state index contributed by atoms with van der Waals surface area (Å²) in [7, 11) is -5.57. The zero-order valence-corrected chi connectivity index (χ0v) is 16.3. The Morgan fingerprint density at radius 2 is 1.54 bits per heavy atom. The molecule has 28 heavy (non-hydrogen) atoms. The predicted octanol–water partition coefficient (Wildman–Crippen LogP) is 2.94. The van der Waals surface area contributed by atoms with Gasteiger partial charge in [-0.2, -0.15) is 17.2 Å². The molecule has 3 rings (SSSR count). The highest BCUT2D eigenvalue weighted by Crippen LogP contribution is 2.53. The molecule has 0 amide bonds. The second-order valence-electron chi connectivity index (χ2n) is 8.11. The molecule has 0 aromatic carbocycles. The van der Waals surface area contributed by atoms with E-state index in [9.17, 15) is 26.8 Å². The van der Waals surface area contributed by atoms with E-state index >= 15 is 0 Å². The number of alkyl halides is 2. The Balaban J connectivity index is 1.59. The first-order valence-electron chi connectivity index (χ1n) is 9.82. The third-order valence-corrected chi connectivity index (χ3v) is 7.27. The van der Waals surface area contributed by atoms with Crippen molar-refractivity contribution in [3.8, 4) is 0 Å².